The molecule has 3 rings (SSSR count). The van der Waals surface area contributed by atoms with Crippen molar-refractivity contribution in [3.63, 3.8) is 0 Å². The number of amides is 1. The largest absolute Gasteiger partial charge is 0.474 e. The molecule has 2 heterocycles. The number of carboxylic acid groups (broad SMARTS) is 1. The van der Waals surface area contributed by atoms with E-state index in [0.717, 1.165) is 16.1 Å². The van der Waals surface area contributed by atoms with E-state index in [4.69, 9.17) is 5.11 Å². The van der Waals surface area contributed by atoms with E-state index in [2.05, 4.69) is 17.1 Å². The van der Waals surface area contributed by atoms with Gasteiger partial charge in [-0.3, -0.25) is 4.79 Å². The summed E-state index contributed by atoms with van der Waals surface area (Å²) in [5, 5.41) is 11.7. The number of aromatic nitrogens is 1. The van der Waals surface area contributed by atoms with Crippen LogP contribution in [0.25, 0.3) is 5.57 Å². The fourth-order valence-electron chi connectivity index (χ4n) is 2.80. The van der Waals surface area contributed by atoms with Crippen molar-refractivity contribution in [2.45, 2.75) is 12.8 Å². The van der Waals surface area contributed by atoms with Crippen LogP contribution in [0.2, 0.25) is 0 Å². The lowest BCUT2D eigenvalue weighted by atomic mass is 9.93. The highest BCUT2D eigenvalue weighted by atomic mass is 32.1. The van der Waals surface area contributed by atoms with Crippen molar-refractivity contribution in [3.05, 3.63) is 58.1 Å². The van der Waals surface area contributed by atoms with E-state index >= 15 is 0 Å². The van der Waals surface area contributed by atoms with Gasteiger partial charge in [0, 0.05) is 30.2 Å². The molecule has 0 atom stereocenters. The van der Waals surface area contributed by atoms with E-state index in [1.807, 2.05) is 23.6 Å². The molecule has 1 fully saturated rings. The molecule has 0 spiro atoms. The molecule has 2 aromatic rings. The summed E-state index contributed by atoms with van der Waals surface area (Å²) in [6.45, 7) is 0.865. The van der Waals surface area contributed by atoms with Gasteiger partial charge in [-0.05, 0) is 18.4 Å². The SMILES string of the molecule is O=C(O)C(=O)N1CCC(=C(c2ccccc2)c2nccs2)CC1. The summed E-state index contributed by atoms with van der Waals surface area (Å²) in [6.07, 6.45) is 3.12. The smallest absolute Gasteiger partial charge is 0.394 e. The van der Waals surface area contributed by atoms with Gasteiger partial charge >= 0.3 is 11.9 Å². The molecule has 0 saturated carbocycles. The standard InChI is InChI=1S/C17H16N2O3S/c20-16(17(21)22)19-9-6-13(7-10-19)14(15-18-8-11-23-15)12-4-2-1-3-5-12/h1-5,8,11H,6-7,9-10H2,(H,21,22). The van der Waals surface area contributed by atoms with E-state index in [-0.39, 0.29) is 0 Å². The second kappa shape index (κ2) is 6.75. The van der Waals surface area contributed by atoms with Crippen LogP contribution >= 0.6 is 11.3 Å². The molecular formula is C17H16N2O3S. The van der Waals surface area contributed by atoms with Crippen LogP contribution in [0, 0.1) is 0 Å². The summed E-state index contributed by atoms with van der Waals surface area (Å²) >= 11 is 1.59. The van der Waals surface area contributed by atoms with Gasteiger partial charge in [0.15, 0.2) is 0 Å². The predicted octanol–water partition coefficient (Wildman–Crippen LogP) is 2.65. The Labute approximate surface area is 137 Å². The second-order valence-corrected chi connectivity index (χ2v) is 6.17. The lowest BCUT2D eigenvalue weighted by Crippen LogP contribution is -2.40. The highest BCUT2D eigenvalue weighted by molar-refractivity contribution is 7.10. The first-order valence-electron chi connectivity index (χ1n) is 7.36. The topological polar surface area (TPSA) is 70.5 Å². The molecule has 1 aromatic heterocycles. The molecule has 1 saturated heterocycles. The number of carboxylic acids is 1. The molecule has 118 valence electrons. The number of nitrogens with zero attached hydrogens (tertiary/aromatic N) is 2. The number of carbonyl (C=O) groups is 2. The molecule has 0 radical (unpaired) electrons. The quantitative estimate of drug-likeness (QED) is 0.861. The fraction of sp³-hybridized carbons (Fsp3) is 0.235. The van der Waals surface area contributed by atoms with Crippen LogP contribution < -0.4 is 0 Å². The number of hydrogen-bond acceptors (Lipinski definition) is 4. The summed E-state index contributed by atoms with van der Waals surface area (Å²) in [5.74, 6) is -2.21. The van der Waals surface area contributed by atoms with E-state index < -0.39 is 11.9 Å². The van der Waals surface area contributed by atoms with Gasteiger partial charge in [0.25, 0.3) is 0 Å². The van der Waals surface area contributed by atoms with Crippen LogP contribution in [0.1, 0.15) is 23.4 Å². The van der Waals surface area contributed by atoms with Crippen LogP contribution in [-0.4, -0.2) is 40.0 Å². The maximum absolute atomic E-state index is 11.6. The number of rotatable bonds is 2. The fourth-order valence-corrected chi connectivity index (χ4v) is 3.55. The van der Waals surface area contributed by atoms with Crippen molar-refractivity contribution >= 4 is 28.8 Å². The van der Waals surface area contributed by atoms with Crippen LogP contribution in [-0.2, 0) is 9.59 Å². The van der Waals surface area contributed by atoms with Gasteiger partial charge in [0.05, 0.1) is 0 Å². The number of thiazole rings is 1. The molecule has 5 nitrogen and oxygen atoms in total. The Hall–Kier alpha value is -2.47. The highest BCUT2D eigenvalue weighted by Crippen LogP contribution is 2.33. The van der Waals surface area contributed by atoms with Gasteiger partial charge in [-0.15, -0.1) is 11.3 Å². The van der Waals surface area contributed by atoms with E-state index in [1.165, 1.54) is 10.5 Å². The lowest BCUT2D eigenvalue weighted by Gasteiger charge is -2.28. The molecule has 0 unspecified atom stereocenters. The molecule has 1 N–H and O–H groups in total. The average Bonchev–Trinajstić information content (AvgIpc) is 3.10. The van der Waals surface area contributed by atoms with Crippen LogP contribution in [0.3, 0.4) is 0 Å². The molecule has 1 aliphatic rings. The maximum Gasteiger partial charge on any atom is 0.394 e. The Balaban J connectivity index is 1.91. The molecule has 1 amide bonds. The summed E-state index contributed by atoms with van der Waals surface area (Å²) in [4.78, 5) is 28.2. The van der Waals surface area contributed by atoms with Crippen molar-refractivity contribution in [1.82, 2.24) is 9.88 Å². The van der Waals surface area contributed by atoms with Gasteiger partial charge in [0.1, 0.15) is 5.01 Å². The van der Waals surface area contributed by atoms with Gasteiger partial charge in [-0.2, -0.15) is 0 Å². The predicted molar refractivity (Wildman–Crippen MR) is 88.0 cm³/mol. The van der Waals surface area contributed by atoms with Gasteiger partial charge in [0.2, 0.25) is 0 Å². The molecule has 1 aliphatic heterocycles. The minimum atomic E-state index is -1.39. The number of aliphatic carboxylic acids is 1. The van der Waals surface area contributed by atoms with Crippen LogP contribution in [0.15, 0.2) is 47.5 Å². The summed E-state index contributed by atoms with van der Waals surface area (Å²) < 4.78 is 0. The molecule has 0 bridgehead atoms. The van der Waals surface area contributed by atoms with Gasteiger partial charge < -0.3 is 10.0 Å². The van der Waals surface area contributed by atoms with Crippen molar-refractivity contribution in [1.29, 1.82) is 0 Å². The third kappa shape index (κ3) is 3.32. The van der Waals surface area contributed by atoms with Crippen LogP contribution in [0.4, 0.5) is 0 Å². The number of piperidine rings is 1. The van der Waals surface area contributed by atoms with Crippen molar-refractivity contribution in [2.75, 3.05) is 13.1 Å². The molecular weight excluding hydrogens is 312 g/mol. The normalized spacial score (nSPS) is 14.6. The van der Waals surface area contributed by atoms with Crippen molar-refractivity contribution < 1.29 is 14.7 Å². The summed E-state index contributed by atoms with van der Waals surface area (Å²) in [6, 6.07) is 10.1. The minimum absolute atomic E-state index is 0.433. The molecule has 23 heavy (non-hydrogen) atoms. The monoisotopic (exact) mass is 328 g/mol. The van der Waals surface area contributed by atoms with E-state index in [0.29, 0.717) is 25.9 Å². The number of hydrogen-bond donors (Lipinski definition) is 1. The first kappa shape index (κ1) is 15.4. The first-order chi connectivity index (χ1) is 11.2. The van der Waals surface area contributed by atoms with Gasteiger partial charge in [-0.25, -0.2) is 9.78 Å². The lowest BCUT2D eigenvalue weighted by molar-refractivity contribution is -0.156. The summed E-state index contributed by atoms with van der Waals surface area (Å²) in [7, 11) is 0. The van der Waals surface area contributed by atoms with E-state index in [1.54, 1.807) is 17.5 Å². The Morgan fingerprint density at radius 2 is 1.83 bits per heavy atom. The summed E-state index contributed by atoms with van der Waals surface area (Å²) in [5.41, 5.74) is 3.44. The third-order valence-corrected chi connectivity index (χ3v) is 4.69. The van der Waals surface area contributed by atoms with Gasteiger partial charge in [-0.1, -0.05) is 35.9 Å². The Morgan fingerprint density at radius 1 is 1.13 bits per heavy atom. The van der Waals surface area contributed by atoms with E-state index in [9.17, 15) is 9.59 Å². The Bertz CT molecular complexity index is 728. The molecule has 1 aromatic carbocycles. The maximum atomic E-state index is 11.6. The Morgan fingerprint density at radius 3 is 2.39 bits per heavy atom. The average molecular weight is 328 g/mol. The number of benzene rings is 1. The van der Waals surface area contributed by atoms with Crippen molar-refractivity contribution in [3.8, 4) is 0 Å². The Kier molecular flexibility index (Phi) is 4.52. The molecule has 6 heteroatoms. The van der Waals surface area contributed by atoms with Crippen LogP contribution in [0.5, 0.6) is 0 Å². The number of likely N-dealkylation sites (tertiary alicyclic amines) is 1. The third-order valence-electron chi connectivity index (χ3n) is 3.90. The first-order valence-corrected chi connectivity index (χ1v) is 8.24. The second-order valence-electron chi connectivity index (χ2n) is 5.28. The highest BCUT2D eigenvalue weighted by Gasteiger charge is 2.26. The minimum Gasteiger partial charge on any atom is -0.474 e. The van der Waals surface area contributed by atoms with Crippen molar-refractivity contribution in [2.24, 2.45) is 0 Å². The zero-order valence-corrected chi connectivity index (χ0v) is 13.3. The number of carbonyl (C=O) groups excluding carboxylic acids is 1. The molecule has 0 aliphatic carbocycles. The zero-order valence-electron chi connectivity index (χ0n) is 12.4. The zero-order chi connectivity index (χ0) is 16.2.